The van der Waals surface area contributed by atoms with E-state index in [1.54, 1.807) is 0 Å². The molecule has 1 aliphatic rings. The summed E-state index contributed by atoms with van der Waals surface area (Å²) in [5, 5.41) is 2.42. The second-order valence-electron chi connectivity index (χ2n) is 4.47. The van der Waals surface area contributed by atoms with Crippen LogP contribution in [0.1, 0.15) is 25.7 Å². The molecule has 0 amide bonds. The van der Waals surface area contributed by atoms with Gasteiger partial charge in [0.05, 0.1) is 6.54 Å². The van der Waals surface area contributed by atoms with Gasteiger partial charge in [-0.25, -0.2) is 8.78 Å². The molecule has 0 atom stereocenters. The van der Waals surface area contributed by atoms with Crippen molar-refractivity contribution in [3.63, 3.8) is 0 Å². The minimum atomic E-state index is -3.93. The molecule has 0 saturated heterocycles. The Kier molecular flexibility index (Phi) is 4.98. The van der Waals surface area contributed by atoms with Crippen LogP contribution in [0.4, 0.5) is 17.6 Å². The van der Waals surface area contributed by atoms with Crippen LogP contribution in [-0.2, 0) is 0 Å². The molecule has 0 spiro atoms. The fourth-order valence-electron chi connectivity index (χ4n) is 1.91. The van der Waals surface area contributed by atoms with Gasteiger partial charge in [0, 0.05) is 6.04 Å². The molecule has 0 aromatic carbocycles. The van der Waals surface area contributed by atoms with Crippen LogP contribution >= 0.6 is 0 Å². The number of hydrogen-bond donors (Lipinski definition) is 2. The van der Waals surface area contributed by atoms with Crippen LogP contribution in [0.25, 0.3) is 0 Å². The predicted molar refractivity (Wildman–Crippen MR) is 53.8 cm³/mol. The third kappa shape index (κ3) is 4.25. The Hall–Kier alpha value is -0.360. The molecule has 0 aromatic heterocycles. The molecule has 1 fully saturated rings. The van der Waals surface area contributed by atoms with Crippen LogP contribution < -0.4 is 11.1 Å². The van der Waals surface area contributed by atoms with Crippen LogP contribution in [-0.4, -0.2) is 31.5 Å². The van der Waals surface area contributed by atoms with Gasteiger partial charge in [-0.1, -0.05) is 0 Å². The Morgan fingerprint density at radius 2 is 1.75 bits per heavy atom. The standard InChI is InChI=1S/C10H18F4N2/c11-9(12)10(13,14)6-16-5-7-1-3-8(15)4-2-7/h7-9,16H,1-6,15H2. The quantitative estimate of drug-likeness (QED) is 0.724. The summed E-state index contributed by atoms with van der Waals surface area (Å²) in [6.45, 7) is -0.581. The van der Waals surface area contributed by atoms with Crippen molar-refractivity contribution in [3.05, 3.63) is 0 Å². The first-order chi connectivity index (χ1) is 7.42. The number of alkyl halides is 4. The summed E-state index contributed by atoms with van der Waals surface area (Å²) in [4.78, 5) is 0. The molecule has 0 radical (unpaired) electrons. The van der Waals surface area contributed by atoms with Gasteiger partial charge < -0.3 is 11.1 Å². The molecule has 0 heterocycles. The van der Waals surface area contributed by atoms with Crippen molar-refractivity contribution in [1.82, 2.24) is 5.32 Å². The summed E-state index contributed by atoms with van der Waals surface area (Å²) >= 11 is 0. The average Bonchev–Trinajstić information content (AvgIpc) is 2.20. The molecule has 1 aliphatic carbocycles. The van der Waals surface area contributed by atoms with Crippen LogP contribution in [0, 0.1) is 5.92 Å². The Bertz CT molecular complexity index is 203. The highest BCUT2D eigenvalue weighted by molar-refractivity contribution is 4.78. The Morgan fingerprint density at radius 1 is 1.19 bits per heavy atom. The first-order valence-corrected chi connectivity index (χ1v) is 5.54. The molecular formula is C10H18F4N2. The zero-order chi connectivity index (χ0) is 12.2. The monoisotopic (exact) mass is 242 g/mol. The van der Waals surface area contributed by atoms with E-state index in [0.29, 0.717) is 6.54 Å². The average molecular weight is 242 g/mol. The summed E-state index contributed by atoms with van der Waals surface area (Å²) in [7, 11) is 0. The molecular weight excluding hydrogens is 224 g/mol. The summed E-state index contributed by atoms with van der Waals surface area (Å²) in [6.07, 6.45) is -0.0577. The second kappa shape index (κ2) is 5.82. The van der Waals surface area contributed by atoms with E-state index >= 15 is 0 Å². The molecule has 2 nitrogen and oxygen atoms in total. The van der Waals surface area contributed by atoms with Crippen LogP contribution in [0.15, 0.2) is 0 Å². The zero-order valence-electron chi connectivity index (χ0n) is 9.06. The first kappa shape index (κ1) is 13.7. The number of rotatable bonds is 5. The lowest BCUT2D eigenvalue weighted by molar-refractivity contribution is -0.125. The predicted octanol–water partition coefficient (Wildman–Crippen LogP) is 1.99. The number of nitrogens with one attached hydrogen (secondary N) is 1. The summed E-state index contributed by atoms with van der Waals surface area (Å²) in [5.74, 6) is -3.64. The van der Waals surface area contributed by atoms with Gasteiger partial charge in [-0.3, -0.25) is 0 Å². The number of nitrogens with two attached hydrogens (primary N) is 1. The third-order valence-corrected chi connectivity index (χ3v) is 3.00. The fourth-order valence-corrected chi connectivity index (χ4v) is 1.91. The summed E-state index contributed by atoms with van der Waals surface area (Å²) in [5.41, 5.74) is 5.70. The highest BCUT2D eigenvalue weighted by atomic mass is 19.3. The topological polar surface area (TPSA) is 38.0 Å². The highest BCUT2D eigenvalue weighted by Crippen LogP contribution is 2.24. The van der Waals surface area contributed by atoms with Crippen molar-refractivity contribution in [3.8, 4) is 0 Å². The van der Waals surface area contributed by atoms with Crippen LogP contribution in [0.3, 0.4) is 0 Å². The van der Waals surface area contributed by atoms with Gasteiger partial charge in [-0.15, -0.1) is 0 Å². The lowest BCUT2D eigenvalue weighted by atomic mass is 9.86. The first-order valence-electron chi connectivity index (χ1n) is 5.54. The SMILES string of the molecule is NC1CCC(CNCC(F)(F)C(F)F)CC1. The van der Waals surface area contributed by atoms with E-state index in [2.05, 4.69) is 5.32 Å². The fraction of sp³-hybridized carbons (Fsp3) is 1.00. The van der Waals surface area contributed by atoms with Crippen molar-refractivity contribution in [2.45, 2.75) is 44.1 Å². The van der Waals surface area contributed by atoms with Gasteiger partial charge >= 0.3 is 12.3 Å². The van der Waals surface area contributed by atoms with Gasteiger partial charge in [0.15, 0.2) is 0 Å². The Labute approximate surface area is 92.6 Å². The highest BCUT2D eigenvalue weighted by Gasteiger charge is 2.40. The molecule has 16 heavy (non-hydrogen) atoms. The summed E-state index contributed by atoms with van der Waals surface area (Å²) < 4.78 is 48.7. The van der Waals surface area contributed by atoms with Crippen molar-refractivity contribution in [2.24, 2.45) is 11.7 Å². The van der Waals surface area contributed by atoms with Crippen molar-refractivity contribution < 1.29 is 17.6 Å². The van der Waals surface area contributed by atoms with E-state index in [4.69, 9.17) is 5.73 Å². The van der Waals surface area contributed by atoms with Gasteiger partial charge in [0.25, 0.3) is 0 Å². The molecule has 1 rings (SSSR count). The Morgan fingerprint density at radius 3 is 2.25 bits per heavy atom. The number of halogens is 4. The molecule has 0 unspecified atom stereocenters. The zero-order valence-corrected chi connectivity index (χ0v) is 9.06. The van der Waals surface area contributed by atoms with E-state index in [1.165, 1.54) is 0 Å². The Balaban J connectivity index is 2.16. The van der Waals surface area contributed by atoms with E-state index in [0.717, 1.165) is 25.7 Å². The maximum atomic E-state index is 12.5. The van der Waals surface area contributed by atoms with E-state index in [9.17, 15) is 17.6 Å². The van der Waals surface area contributed by atoms with E-state index < -0.39 is 18.9 Å². The molecule has 0 aromatic rings. The summed E-state index contributed by atoms with van der Waals surface area (Å²) in [6, 6.07) is 0.207. The van der Waals surface area contributed by atoms with Crippen molar-refractivity contribution >= 4 is 0 Å². The van der Waals surface area contributed by atoms with Gasteiger partial charge in [0.1, 0.15) is 0 Å². The molecule has 1 saturated carbocycles. The minimum absolute atomic E-state index is 0.207. The smallest absolute Gasteiger partial charge is 0.319 e. The van der Waals surface area contributed by atoms with Gasteiger partial charge in [0.2, 0.25) is 0 Å². The minimum Gasteiger partial charge on any atom is -0.328 e. The van der Waals surface area contributed by atoms with Gasteiger partial charge in [-0.05, 0) is 38.1 Å². The van der Waals surface area contributed by atoms with Gasteiger partial charge in [-0.2, -0.15) is 8.78 Å². The van der Waals surface area contributed by atoms with Crippen molar-refractivity contribution in [2.75, 3.05) is 13.1 Å². The van der Waals surface area contributed by atoms with E-state index in [-0.39, 0.29) is 12.0 Å². The maximum absolute atomic E-state index is 12.5. The molecule has 6 heteroatoms. The molecule has 0 bridgehead atoms. The lowest BCUT2D eigenvalue weighted by Crippen LogP contribution is -2.41. The number of hydrogen-bond acceptors (Lipinski definition) is 2. The van der Waals surface area contributed by atoms with Crippen molar-refractivity contribution in [1.29, 1.82) is 0 Å². The maximum Gasteiger partial charge on any atom is 0.319 e. The second-order valence-corrected chi connectivity index (χ2v) is 4.47. The lowest BCUT2D eigenvalue weighted by Gasteiger charge is -2.26. The molecule has 0 aliphatic heterocycles. The van der Waals surface area contributed by atoms with E-state index in [1.807, 2.05) is 0 Å². The van der Waals surface area contributed by atoms with Crippen LogP contribution in [0.5, 0.6) is 0 Å². The third-order valence-electron chi connectivity index (χ3n) is 3.00. The molecule has 96 valence electrons. The largest absolute Gasteiger partial charge is 0.328 e. The normalized spacial score (nSPS) is 27.4. The molecule has 3 N–H and O–H groups in total. The van der Waals surface area contributed by atoms with Crippen LogP contribution in [0.2, 0.25) is 0 Å².